The Labute approximate surface area is 345 Å². The van der Waals surface area contributed by atoms with E-state index in [9.17, 15) is 22.8 Å². The summed E-state index contributed by atoms with van der Waals surface area (Å²) in [6.45, 7) is 8.61. The molecule has 58 heavy (non-hydrogen) atoms. The number of rotatable bonds is 8. The molecular weight excluding hydrogens is 769 g/mol. The lowest BCUT2D eigenvalue weighted by Crippen LogP contribution is -2.46. The molecule has 2 saturated carbocycles. The van der Waals surface area contributed by atoms with Gasteiger partial charge in [-0.05, 0) is 69.1 Å². The summed E-state index contributed by atoms with van der Waals surface area (Å²) in [6, 6.07) is 17.1. The van der Waals surface area contributed by atoms with Crippen molar-refractivity contribution in [3.63, 3.8) is 0 Å². The molecule has 2 aromatic heterocycles. The van der Waals surface area contributed by atoms with Crippen molar-refractivity contribution in [3.8, 4) is 17.0 Å². The highest BCUT2D eigenvalue weighted by molar-refractivity contribution is 7.90. The van der Waals surface area contributed by atoms with Gasteiger partial charge in [-0.2, -0.15) is 0 Å². The summed E-state index contributed by atoms with van der Waals surface area (Å²) in [7, 11) is -3.82. The maximum absolute atomic E-state index is 15.0. The van der Waals surface area contributed by atoms with E-state index in [-0.39, 0.29) is 42.4 Å². The first-order valence-electron chi connectivity index (χ1n) is 20.8. The zero-order valence-electron chi connectivity index (χ0n) is 33.9. The normalized spacial score (nSPS) is 26.3. The highest BCUT2D eigenvalue weighted by atomic mass is 32.2. The molecule has 306 valence electrons. The van der Waals surface area contributed by atoms with Crippen molar-refractivity contribution >= 4 is 49.9 Å². The standard InChI is InChI=1S/C46H54N4O6S2/c1-29-17-20-35-37(21-29)47-36(30-13-10-8-11-14-30)24-40(35)56-33-23-38-39(51)26-46(44(53)49-58(54,55)34-18-19-34)25-32(46)16-12-7-5-6-9-15-31(43(52)50(38)27-33)22-42-48-41(28-57-42)45(2,3)4/h8,10-14,16-17,20-21,24,28,31-34,38H,5-7,9,15,18-19,22-23,25-27H2,1-4H3,(H,49,53)/b16-12-/t31-,32-,33-,38+,46-/m1/s1. The first-order valence-corrected chi connectivity index (χ1v) is 23.3. The molecule has 4 aliphatic rings. The molecule has 2 amide bonds. The van der Waals surface area contributed by atoms with E-state index < -0.39 is 44.7 Å². The third kappa shape index (κ3) is 8.64. The Kier molecular flexibility index (Phi) is 11.1. The average molecular weight is 823 g/mol. The van der Waals surface area contributed by atoms with Gasteiger partial charge in [0.1, 0.15) is 11.9 Å². The number of amides is 2. The molecule has 2 aromatic carbocycles. The quantitative estimate of drug-likeness (QED) is 0.176. The van der Waals surface area contributed by atoms with E-state index in [1.807, 2.05) is 67.6 Å². The fraction of sp³-hybridized carbons (Fsp3) is 0.500. The zero-order chi connectivity index (χ0) is 40.8. The number of thiazole rings is 1. The predicted molar refractivity (Wildman–Crippen MR) is 227 cm³/mol. The summed E-state index contributed by atoms with van der Waals surface area (Å²) in [4.78, 5) is 55.4. The van der Waals surface area contributed by atoms with Crippen molar-refractivity contribution in [1.29, 1.82) is 0 Å². The molecule has 2 aliphatic heterocycles. The van der Waals surface area contributed by atoms with Crippen LogP contribution in [0.4, 0.5) is 0 Å². The van der Waals surface area contributed by atoms with Crippen LogP contribution in [0, 0.1) is 24.2 Å². The number of carbonyl (C=O) groups is 3. The largest absolute Gasteiger partial charge is 0.488 e. The number of ether oxygens (including phenoxy) is 1. The monoisotopic (exact) mass is 822 g/mol. The van der Waals surface area contributed by atoms with Crippen LogP contribution >= 0.6 is 11.3 Å². The van der Waals surface area contributed by atoms with Gasteiger partial charge < -0.3 is 9.64 Å². The van der Waals surface area contributed by atoms with E-state index in [0.717, 1.165) is 64.1 Å². The molecule has 8 rings (SSSR count). The molecule has 4 aromatic rings. The van der Waals surface area contributed by atoms with Crippen LogP contribution in [-0.2, 0) is 36.2 Å². The lowest BCUT2D eigenvalue weighted by Gasteiger charge is -2.29. The molecule has 0 bridgehead atoms. The van der Waals surface area contributed by atoms with E-state index in [4.69, 9.17) is 14.7 Å². The first-order chi connectivity index (χ1) is 27.7. The van der Waals surface area contributed by atoms with Crippen LogP contribution in [0.15, 0.2) is 72.1 Å². The second-order valence-electron chi connectivity index (χ2n) is 18.0. The summed E-state index contributed by atoms with van der Waals surface area (Å²) in [5.41, 5.74) is 3.24. The molecule has 2 aliphatic carbocycles. The fourth-order valence-corrected chi connectivity index (χ4v) is 11.1. The number of Topliss-reactive ketones (excluding diaryl/α,β-unsaturated/α-hetero) is 1. The first kappa shape index (κ1) is 40.4. The van der Waals surface area contributed by atoms with E-state index in [2.05, 4.69) is 36.9 Å². The number of nitrogens with zero attached hydrogens (tertiary/aromatic N) is 3. The van der Waals surface area contributed by atoms with Crippen LogP contribution in [0.25, 0.3) is 22.2 Å². The van der Waals surface area contributed by atoms with Gasteiger partial charge in [0.25, 0.3) is 0 Å². The van der Waals surface area contributed by atoms with E-state index >= 15 is 0 Å². The van der Waals surface area contributed by atoms with Crippen molar-refractivity contribution in [2.75, 3.05) is 6.54 Å². The predicted octanol–water partition coefficient (Wildman–Crippen LogP) is 8.27. The number of sulfonamides is 1. The topological polar surface area (TPSA) is 136 Å². The van der Waals surface area contributed by atoms with Crippen LogP contribution in [-0.4, -0.2) is 64.8 Å². The highest BCUT2D eigenvalue weighted by Crippen LogP contribution is 2.57. The molecule has 3 fully saturated rings. The number of aryl methyl sites for hydroxylation is 1. The summed E-state index contributed by atoms with van der Waals surface area (Å²) >= 11 is 1.58. The summed E-state index contributed by atoms with van der Waals surface area (Å²) in [6.07, 6.45) is 9.74. The summed E-state index contributed by atoms with van der Waals surface area (Å²) in [5.74, 6) is -0.985. The van der Waals surface area contributed by atoms with Gasteiger partial charge in [0.15, 0.2) is 5.78 Å². The second-order valence-corrected chi connectivity index (χ2v) is 20.9. The minimum absolute atomic E-state index is 0.104. The molecule has 10 nitrogen and oxygen atoms in total. The highest BCUT2D eigenvalue weighted by Gasteiger charge is 2.61. The lowest BCUT2D eigenvalue weighted by atomic mass is 9.90. The van der Waals surface area contributed by atoms with E-state index in [0.29, 0.717) is 37.9 Å². The average Bonchev–Trinajstić information content (AvgIpc) is 4.06. The molecule has 5 atom stereocenters. The number of aromatic nitrogens is 2. The van der Waals surface area contributed by atoms with Crippen LogP contribution < -0.4 is 9.46 Å². The number of allylic oxidation sites excluding steroid dienone is 2. The molecule has 1 saturated heterocycles. The van der Waals surface area contributed by atoms with E-state index in [1.54, 1.807) is 16.2 Å². The van der Waals surface area contributed by atoms with Crippen molar-refractivity contribution < 1.29 is 27.5 Å². The Hall–Kier alpha value is -4.42. The van der Waals surface area contributed by atoms with Crippen LogP contribution in [0.1, 0.15) is 101 Å². The van der Waals surface area contributed by atoms with Gasteiger partial charge in [-0.15, -0.1) is 11.3 Å². The molecule has 0 radical (unpaired) electrons. The summed E-state index contributed by atoms with van der Waals surface area (Å²) in [5, 5.41) is 3.25. The molecule has 12 heteroatoms. The number of hydrogen-bond acceptors (Lipinski definition) is 9. The SMILES string of the molecule is Cc1ccc2c(O[C@@H]3C[C@H]4C(=O)C[C@]5(C(=O)NS(=O)(=O)C6CC6)C[C@H]5/C=C\CCCCC[C@H](Cc5nc(C(C)(C)C)cs5)C(=O)N4C3)cc(-c3ccccc3)nc2c1. The van der Waals surface area contributed by atoms with Gasteiger partial charge >= 0.3 is 0 Å². The number of pyridine rings is 1. The van der Waals surface area contributed by atoms with Crippen molar-refractivity contribution in [2.24, 2.45) is 17.3 Å². The molecule has 4 heterocycles. The Bertz CT molecular complexity index is 2350. The lowest BCUT2D eigenvalue weighted by molar-refractivity contribution is -0.142. The van der Waals surface area contributed by atoms with Gasteiger partial charge in [-0.3, -0.25) is 19.1 Å². The smallest absolute Gasteiger partial charge is 0.240 e. The second kappa shape index (κ2) is 16.0. The third-order valence-electron chi connectivity index (χ3n) is 12.4. The molecule has 0 spiro atoms. The van der Waals surface area contributed by atoms with Gasteiger partial charge in [0.05, 0.1) is 45.2 Å². The number of carbonyl (C=O) groups excluding carboxylic acids is 3. The van der Waals surface area contributed by atoms with Gasteiger partial charge in [-0.1, -0.05) is 82.2 Å². The van der Waals surface area contributed by atoms with E-state index in [1.165, 1.54) is 0 Å². The fourth-order valence-electron chi connectivity index (χ4n) is 8.62. The number of hydrogen-bond donors (Lipinski definition) is 1. The Morgan fingerprint density at radius 3 is 2.55 bits per heavy atom. The van der Waals surface area contributed by atoms with Crippen molar-refractivity contribution in [3.05, 3.63) is 88.4 Å². The minimum Gasteiger partial charge on any atom is -0.488 e. The number of ketones is 1. The maximum atomic E-state index is 15.0. The molecular formula is C46H54N4O6S2. The molecule has 1 N–H and O–H groups in total. The Balaban J connectivity index is 1.13. The van der Waals surface area contributed by atoms with Crippen molar-refractivity contribution in [2.45, 2.75) is 121 Å². The van der Waals surface area contributed by atoms with Gasteiger partial charge in [0.2, 0.25) is 21.8 Å². The number of fused-ring (bicyclic) bond motifs is 3. The van der Waals surface area contributed by atoms with Crippen LogP contribution in [0.2, 0.25) is 0 Å². The third-order valence-corrected chi connectivity index (χ3v) is 15.1. The van der Waals surface area contributed by atoms with Crippen molar-refractivity contribution in [1.82, 2.24) is 19.6 Å². The zero-order valence-corrected chi connectivity index (χ0v) is 35.5. The maximum Gasteiger partial charge on any atom is 0.240 e. The van der Waals surface area contributed by atoms with Crippen LogP contribution in [0.3, 0.4) is 0 Å². The minimum atomic E-state index is -3.82. The number of benzene rings is 2. The number of nitrogens with one attached hydrogen (secondary N) is 1. The molecule has 0 unspecified atom stereocenters. The summed E-state index contributed by atoms with van der Waals surface area (Å²) < 4.78 is 35.2. The Morgan fingerprint density at radius 2 is 1.81 bits per heavy atom. The van der Waals surface area contributed by atoms with Crippen LogP contribution in [0.5, 0.6) is 5.75 Å². The van der Waals surface area contributed by atoms with Gasteiger partial charge in [-0.25, -0.2) is 18.4 Å². The Morgan fingerprint density at radius 1 is 1.02 bits per heavy atom. The van der Waals surface area contributed by atoms with Gasteiger partial charge in [0, 0.05) is 53.0 Å².